The number of nitrogens with zero attached hydrogens (tertiary/aromatic N) is 3. The molecule has 3 rings (SSSR count). The van der Waals surface area contributed by atoms with Crippen LogP contribution in [0.3, 0.4) is 0 Å². The normalized spacial score (nSPS) is 14.9. The van der Waals surface area contributed by atoms with Gasteiger partial charge < -0.3 is 15.0 Å². The Kier molecular flexibility index (Phi) is 5.48. The van der Waals surface area contributed by atoms with Crippen LogP contribution in [0.15, 0.2) is 24.3 Å². The van der Waals surface area contributed by atoms with E-state index >= 15 is 0 Å². The number of rotatable bonds is 5. The number of amides is 2. The minimum Gasteiger partial charge on any atom is -0.449 e. The molecule has 2 heterocycles. The summed E-state index contributed by atoms with van der Waals surface area (Å²) in [6.45, 7) is 5.85. The summed E-state index contributed by atoms with van der Waals surface area (Å²) in [5, 5.41) is 7.01. The number of ether oxygens (including phenoxy) is 1. The zero-order chi connectivity index (χ0) is 20.4. The molecule has 1 saturated heterocycles. The summed E-state index contributed by atoms with van der Waals surface area (Å²) in [7, 11) is 1.79. The van der Waals surface area contributed by atoms with Crippen molar-refractivity contribution >= 4 is 29.2 Å². The van der Waals surface area contributed by atoms with E-state index in [2.05, 4.69) is 10.4 Å². The van der Waals surface area contributed by atoms with Crippen molar-refractivity contribution in [1.29, 1.82) is 0 Å². The molecule has 28 heavy (non-hydrogen) atoms. The van der Waals surface area contributed by atoms with Crippen molar-refractivity contribution in [3.63, 3.8) is 0 Å². The molecule has 148 valence electrons. The lowest BCUT2D eigenvalue weighted by molar-refractivity contribution is -0.123. The molecule has 8 nitrogen and oxygen atoms in total. The zero-order valence-corrected chi connectivity index (χ0v) is 16.5. The van der Waals surface area contributed by atoms with Crippen molar-refractivity contribution in [2.24, 2.45) is 7.05 Å². The molecule has 2 aromatic rings. The molecule has 2 amide bonds. The van der Waals surface area contributed by atoms with E-state index in [1.54, 1.807) is 47.8 Å². The first-order valence-electron chi connectivity index (χ1n) is 9.20. The molecule has 1 fully saturated rings. The third kappa shape index (κ3) is 3.90. The lowest BCUT2D eigenvalue weighted by Gasteiger charge is -2.16. The van der Waals surface area contributed by atoms with Gasteiger partial charge in [0.15, 0.2) is 6.10 Å². The molecule has 1 N–H and O–H groups in total. The third-order valence-electron chi connectivity index (χ3n) is 4.90. The highest BCUT2D eigenvalue weighted by atomic mass is 16.5. The van der Waals surface area contributed by atoms with Crippen LogP contribution in [-0.4, -0.2) is 40.2 Å². The summed E-state index contributed by atoms with van der Waals surface area (Å²) in [5.74, 6) is -0.935. The van der Waals surface area contributed by atoms with Crippen molar-refractivity contribution in [1.82, 2.24) is 9.78 Å². The molecule has 0 spiro atoms. The van der Waals surface area contributed by atoms with Gasteiger partial charge in [-0.15, -0.1) is 0 Å². The third-order valence-corrected chi connectivity index (χ3v) is 4.90. The SMILES string of the molecule is Cc1nn(C)c(C)c1NC(=O)[C@@H](C)OC(=O)c1ccc(N2CCCC2=O)cc1. The molecular weight excluding hydrogens is 360 g/mol. The Labute approximate surface area is 163 Å². The fraction of sp³-hybridized carbons (Fsp3) is 0.400. The summed E-state index contributed by atoms with van der Waals surface area (Å²) in [6, 6.07) is 6.63. The van der Waals surface area contributed by atoms with Crippen LogP contribution >= 0.6 is 0 Å². The number of aromatic nitrogens is 2. The average Bonchev–Trinajstić information content (AvgIpc) is 3.20. The summed E-state index contributed by atoms with van der Waals surface area (Å²) in [5.41, 5.74) is 3.21. The van der Waals surface area contributed by atoms with Crippen LogP contribution in [0.4, 0.5) is 11.4 Å². The lowest BCUT2D eigenvalue weighted by Crippen LogP contribution is -2.30. The van der Waals surface area contributed by atoms with E-state index in [-0.39, 0.29) is 5.91 Å². The van der Waals surface area contributed by atoms with Crippen LogP contribution in [0.2, 0.25) is 0 Å². The Balaban J connectivity index is 1.62. The van der Waals surface area contributed by atoms with Crippen molar-refractivity contribution in [3.05, 3.63) is 41.2 Å². The van der Waals surface area contributed by atoms with E-state index in [0.717, 1.165) is 17.8 Å². The summed E-state index contributed by atoms with van der Waals surface area (Å²) < 4.78 is 6.96. The van der Waals surface area contributed by atoms with Gasteiger partial charge in [-0.25, -0.2) is 4.79 Å². The zero-order valence-electron chi connectivity index (χ0n) is 16.5. The Morgan fingerprint density at radius 1 is 1.21 bits per heavy atom. The van der Waals surface area contributed by atoms with Gasteiger partial charge >= 0.3 is 5.97 Å². The van der Waals surface area contributed by atoms with Crippen LogP contribution in [0.5, 0.6) is 0 Å². The van der Waals surface area contributed by atoms with Crippen molar-refractivity contribution in [2.75, 3.05) is 16.8 Å². The maximum Gasteiger partial charge on any atom is 0.338 e. The van der Waals surface area contributed by atoms with Crippen molar-refractivity contribution < 1.29 is 19.1 Å². The maximum absolute atomic E-state index is 12.4. The highest BCUT2D eigenvalue weighted by Gasteiger charge is 2.23. The first-order chi connectivity index (χ1) is 13.3. The molecule has 0 unspecified atom stereocenters. The second kappa shape index (κ2) is 7.84. The molecule has 0 aliphatic carbocycles. The average molecular weight is 384 g/mol. The fourth-order valence-corrected chi connectivity index (χ4v) is 3.16. The molecule has 1 aliphatic rings. The Bertz CT molecular complexity index is 917. The number of carbonyl (C=O) groups is 3. The van der Waals surface area contributed by atoms with E-state index in [4.69, 9.17) is 4.74 Å². The van der Waals surface area contributed by atoms with Gasteiger partial charge in [0.05, 0.1) is 22.6 Å². The summed E-state index contributed by atoms with van der Waals surface area (Å²) >= 11 is 0. The molecule has 1 aliphatic heterocycles. The van der Waals surface area contributed by atoms with Gasteiger partial charge in [0.25, 0.3) is 5.91 Å². The smallest absolute Gasteiger partial charge is 0.338 e. The van der Waals surface area contributed by atoms with E-state index in [0.29, 0.717) is 29.9 Å². The largest absolute Gasteiger partial charge is 0.449 e. The first kappa shape index (κ1) is 19.6. The van der Waals surface area contributed by atoms with Crippen LogP contribution in [0, 0.1) is 13.8 Å². The van der Waals surface area contributed by atoms with Gasteiger partial charge in [-0.3, -0.25) is 14.3 Å². The molecule has 8 heteroatoms. The number of hydrogen-bond donors (Lipinski definition) is 1. The van der Waals surface area contributed by atoms with Gasteiger partial charge in [-0.2, -0.15) is 5.10 Å². The minimum absolute atomic E-state index is 0.0848. The van der Waals surface area contributed by atoms with Gasteiger partial charge in [-0.1, -0.05) is 0 Å². The second-order valence-electron chi connectivity index (χ2n) is 6.90. The van der Waals surface area contributed by atoms with Gasteiger partial charge in [0.2, 0.25) is 5.91 Å². The topological polar surface area (TPSA) is 93.5 Å². The predicted octanol–water partition coefficient (Wildman–Crippen LogP) is 2.35. The Morgan fingerprint density at radius 3 is 2.43 bits per heavy atom. The van der Waals surface area contributed by atoms with Crippen molar-refractivity contribution in [2.45, 2.75) is 39.7 Å². The Hall–Kier alpha value is -3.16. The first-order valence-corrected chi connectivity index (χ1v) is 9.20. The lowest BCUT2D eigenvalue weighted by atomic mass is 10.2. The van der Waals surface area contributed by atoms with Gasteiger partial charge in [-0.05, 0) is 51.5 Å². The van der Waals surface area contributed by atoms with Crippen LogP contribution < -0.4 is 10.2 Å². The standard InChI is InChI=1S/C20H24N4O4/c1-12-18(13(2)23(4)22-12)21-19(26)14(3)28-20(27)15-7-9-16(10-8-15)24-11-5-6-17(24)25/h7-10,14H,5-6,11H2,1-4H3,(H,21,26)/t14-/m1/s1. The monoisotopic (exact) mass is 384 g/mol. The van der Waals surface area contributed by atoms with Crippen LogP contribution in [0.1, 0.15) is 41.5 Å². The van der Waals surface area contributed by atoms with E-state index in [9.17, 15) is 14.4 Å². The summed E-state index contributed by atoms with van der Waals surface area (Å²) in [4.78, 5) is 38.2. The quantitative estimate of drug-likeness (QED) is 0.799. The molecule has 1 aromatic carbocycles. The number of nitrogens with one attached hydrogen (secondary N) is 1. The molecule has 1 aromatic heterocycles. The number of esters is 1. The predicted molar refractivity (Wildman–Crippen MR) is 104 cm³/mol. The van der Waals surface area contributed by atoms with Gasteiger partial charge in [0.1, 0.15) is 0 Å². The number of aryl methyl sites for hydroxylation is 2. The second-order valence-corrected chi connectivity index (χ2v) is 6.90. The van der Waals surface area contributed by atoms with Crippen LogP contribution in [0.25, 0.3) is 0 Å². The van der Waals surface area contributed by atoms with Crippen molar-refractivity contribution in [3.8, 4) is 0 Å². The van der Waals surface area contributed by atoms with E-state index in [1.165, 1.54) is 6.92 Å². The number of anilines is 2. The van der Waals surface area contributed by atoms with E-state index in [1.807, 2.05) is 6.92 Å². The highest BCUT2D eigenvalue weighted by molar-refractivity contribution is 5.99. The van der Waals surface area contributed by atoms with Gasteiger partial charge in [0, 0.05) is 25.7 Å². The maximum atomic E-state index is 12.4. The fourth-order valence-electron chi connectivity index (χ4n) is 3.16. The molecular formula is C20H24N4O4. The number of benzene rings is 1. The number of hydrogen-bond acceptors (Lipinski definition) is 5. The summed E-state index contributed by atoms with van der Waals surface area (Å²) in [6.07, 6.45) is 0.420. The highest BCUT2D eigenvalue weighted by Crippen LogP contribution is 2.22. The molecule has 0 radical (unpaired) electrons. The van der Waals surface area contributed by atoms with Crippen LogP contribution in [-0.2, 0) is 21.4 Å². The molecule has 0 bridgehead atoms. The molecule has 1 atom stereocenters. The Morgan fingerprint density at radius 2 is 1.89 bits per heavy atom. The van der Waals surface area contributed by atoms with E-state index < -0.39 is 18.0 Å². The molecule has 0 saturated carbocycles. The minimum atomic E-state index is -0.966. The number of carbonyl (C=O) groups excluding carboxylic acids is 3.